The minimum Gasteiger partial charge on any atom is -0.496 e. The number of Topliss-reactive ketones (excluding diaryl/α,β-unsaturated/α-hetero) is 1. The van der Waals surface area contributed by atoms with Gasteiger partial charge in [0.15, 0.2) is 5.78 Å². The Kier molecular flexibility index (Phi) is 5.94. The van der Waals surface area contributed by atoms with Crippen molar-refractivity contribution in [3.63, 3.8) is 0 Å². The lowest BCUT2D eigenvalue weighted by Crippen LogP contribution is -2.21. The van der Waals surface area contributed by atoms with E-state index in [4.69, 9.17) is 9.47 Å². The van der Waals surface area contributed by atoms with Gasteiger partial charge in [0.25, 0.3) is 0 Å². The third-order valence-corrected chi connectivity index (χ3v) is 5.24. The molecule has 21 heavy (non-hydrogen) atoms. The van der Waals surface area contributed by atoms with E-state index in [1.54, 1.807) is 25.3 Å². The quantitative estimate of drug-likeness (QED) is 0.758. The standard InChI is InChI=1S/C16H22O4S/c1-12(17)14-3-4-16(19-2)15(9-14)11-21(18)10-13-5-7-20-8-6-13/h3-4,9,13H,5-8,10-11H2,1-2H3/t21-/m0/s1. The summed E-state index contributed by atoms with van der Waals surface area (Å²) in [6, 6.07) is 5.31. The van der Waals surface area contributed by atoms with Crippen LogP contribution in [0.5, 0.6) is 5.75 Å². The molecule has 1 aromatic carbocycles. The van der Waals surface area contributed by atoms with E-state index in [0.717, 1.165) is 31.6 Å². The van der Waals surface area contributed by atoms with Crippen molar-refractivity contribution in [2.45, 2.75) is 25.5 Å². The van der Waals surface area contributed by atoms with Gasteiger partial charge in [-0.15, -0.1) is 0 Å². The third-order valence-electron chi connectivity index (χ3n) is 3.77. The fraction of sp³-hybridized carbons (Fsp3) is 0.562. The second-order valence-electron chi connectivity index (χ2n) is 5.39. The molecule has 2 rings (SSSR count). The SMILES string of the molecule is COc1ccc(C(C)=O)cc1C[S@@](=O)CC1CCOCC1. The number of rotatable bonds is 6. The highest BCUT2D eigenvalue weighted by molar-refractivity contribution is 7.84. The van der Waals surface area contributed by atoms with E-state index in [9.17, 15) is 9.00 Å². The van der Waals surface area contributed by atoms with Gasteiger partial charge in [-0.25, -0.2) is 0 Å². The fourth-order valence-electron chi connectivity index (χ4n) is 2.52. The minimum atomic E-state index is -0.949. The molecule has 1 aliphatic rings. The predicted molar refractivity (Wildman–Crippen MR) is 83.3 cm³/mol. The van der Waals surface area contributed by atoms with Gasteiger partial charge in [-0.3, -0.25) is 9.00 Å². The van der Waals surface area contributed by atoms with Gasteiger partial charge in [-0.05, 0) is 43.9 Å². The van der Waals surface area contributed by atoms with Crippen molar-refractivity contribution in [1.82, 2.24) is 0 Å². The Morgan fingerprint density at radius 2 is 2.10 bits per heavy atom. The number of benzene rings is 1. The van der Waals surface area contributed by atoms with Crippen molar-refractivity contribution in [1.29, 1.82) is 0 Å². The zero-order valence-electron chi connectivity index (χ0n) is 12.6. The van der Waals surface area contributed by atoms with Gasteiger partial charge < -0.3 is 9.47 Å². The Bertz CT molecular complexity index is 521. The zero-order valence-corrected chi connectivity index (χ0v) is 13.4. The van der Waals surface area contributed by atoms with Gasteiger partial charge in [0.1, 0.15) is 5.75 Å². The second-order valence-corrected chi connectivity index (χ2v) is 6.89. The Balaban J connectivity index is 2.04. The molecule has 1 aromatic rings. The molecule has 0 radical (unpaired) electrons. The van der Waals surface area contributed by atoms with Crippen LogP contribution in [0.25, 0.3) is 0 Å². The molecule has 4 nitrogen and oxygen atoms in total. The number of hydrogen-bond acceptors (Lipinski definition) is 4. The maximum Gasteiger partial charge on any atom is 0.159 e. The Hall–Kier alpha value is -1.20. The van der Waals surface area contributed by atoms with Gasteiger partial charge >= 0.3 is 0 Å². The molecule has 0 amide bonds. The summed E-state index contributed by atoms with van der Waals surface area (Å²) in [6.07, 6.45) is 1.97. The first-order valence-electron chi connectivity index (χ1n) is 7.20. The van der Waals surface area contributed by atoms with Crippen LogP contribution in [0.15, 0.2) is 18.2 Å². The summed E-state index contributed by atoms with van der Waals surface area (Å²) in [5, 5.41) is 0. The molecular formula is C16H22O4S. The molecule has 0 aliphatic carbocycles. The van der Waals surface area contributed by atoms with Gasteiger partial charge in [0.05, 0.1) is 12.9 Å². The van der Waals surface area contributed by atoms with Crippen LogP contribution in [0.1, 0.15) is 35.7 Å². The van der Waals surface area contributed by atoms with E-state index in [0.29, 0.717) is 28.7 Å². The lowest BCUT2D eigenvalue weighted by molar-refractivity contribution is 0.0725. The summed E-state index contributed by atoms with van der Waals surface area (Å²) in [5.41, 5.74) is 1.48. The van der Waals surface area contributed by atoms with Crippen LogP contribution in [-0.4, -0.2) is 36.1 Å². The number of hydrogen-bond donors (Lipinski definition) is 0. The molecule has 0 aromatic heterocycles. The first-order valence-corrected chi connectivity index (χ1v) is 8.69. The van der Waals surface area contributed by atoms with Crippen LogP contribution in [0, 0.1) is 5.92 Å². The molecule has 0 bridgehead atoms. The number of ether oxygens (including phenoxy) is 2. The zero-order chi connectivity index (χ0) is 15.2. The van der Waals surface area contributed by atoms with Crippen molar-refractivity contribution < 1.29 is 18.5 Å². The summed E-state index contributed by atoms with van der Waals surface area (Å²) in [7, 11) is 0.642. The van der Waals surface area contributed by atoms with E-state index in [-0.39, 0.29) is 5.78 Å². The van der Waals surface area contributed by atoms with E-state index in [1.807, 2.05) is 0 Å². The molecule has 5 heteroatoms. The van der Waals surface area contributed by atoms with E-state index in [2.05, 4.69) is 0 Å². The number of carbonyl (C=O) groups excluding carboxylic acids is 1. The Morgan fingerprint density at radius 3 is 2.71 bits per heavy atom. The van der Waals surface area contributed by atoms with Crippen LogP contribution >= 0.6 is 0 Å². The molecule has 116 valence electrons. The van der Waals surface area contributed by atoms with Gasteiger partial charge in [-0.2, -0.15) is 0 Å². The molecule has 0 saturated carbocycles. The number of carbonyl (C=O) groups is 1. The number of ketones is 1. The maximum absolute atomic E-state index is 12.4. The van der Waals surface area contributed by atoms with Crippen LogP contribution in [0.2, 0.25) is 0 Å². The van der Waals surface area contributed by atoms with E-state index >= 15 is 0 Å². The Labute approximate surface area is 128 Å². The monoisotopic (exact) mass is 310 g/mol. The first kappa shape index (κ1) is 16.2. The average molecular weight is 310 g/mol. The second kappa shape index (κ2) is 7.71. The molecular weight excluding hydrogens is 288 g/mol. The molecule has 1 atom stereocenters. The highest BCUT2D eigenvalue weighted by Gasteiger charge is 2.18. The molecule has 1 heterocycles. The average Bonchev–Trinajstić information content (AvgIpc) is 2.48. The molecule has 1 fully saturated rings. The van der Waals surface area contributed by atoms with E-state index in [1.165, 1.54) is 6.92 Å². The third kappa shape index (κ3) is 4.64. The summed E-state index contributed by atoms with van der Waals surface area (Å²) < 4.78 is 23.0. The largest absolute Gasteiger partial charge is 0.496 e. The van der Waals surface area contributed by atoms with Crippen LogP contribution in [0.4, 0.5) is 0 Å². The summed E-state index contributed by atoms with van der Waals surface area (Å²) in [6.45, 7) is 3.07. The Morgan fingerprint density at radius 1 is 1.38 bits per heavy atom. The molecule has 0 unspecified atom stereocenters. The van der Waals surface area contributed by atoms with Crippen molar-refractivity contribution in [2.75, 3.05) is 26.1 Å². The van der Waals surface area contributed by atoms with Crippen LogP contribution in [0.3, 0.4) is 0 Å². The highest BCUT2D eigenvalue weighted by atomic mass is 32.2. The smallest absolute Gasteiger partial charge is 0.159 e. The maximum atomic E-state index is 12.4. The van der Waals surface area contributed by atoms with Gasteiger partial charge in [0.2, 0.25) is 0 Å². The normalized spacial score (nSPS) is 17.4. The van der Waals surface area contributed by atoms with E-state index < -0.39 is 10.8 Å². The summed E-state index contributed by atoms with van der Waals surface area (Å²) in [4.78, 5) is 11.5. The van der Waals surface area contributed by atoms with Crippen molar-refractivity contribution in [2.24, 2.45) is 5.92 Å². The number of methoxy groups -OCH3 is 1. The topological polar surface area (TPSA) is 52.6 Å². The lowest BCUT2D eigenvalue weighted by atomic mass is 10.0. The van der Waals surface area contributed by atoms with Crippen molar-refractivity contribution in [3.8, 4) is 5.75 Å². The lowest BCUT2D eigenvalue weighted by Gasteiger charge is -2.21. The molecule has 0 spiro atoms. The van der Waals surface area contributed by atoms with Crippen molar-refractivity contribution >= 4 is 16.6 Å². The van der Waals surface area contributed by atoms with Crippen LogP contribution in [-0.2, 0) is 21.3 Å². The molecule has 0 N–H and O–H groups in total. The molecule has 1 aliphatic heterocycles. The van der Waals surface area contributed by atoms with Gasteiger partial charge in [0, 0.05) is 40.9 Å². The minimum absolute atomic E-state index is 0.00844. The fourth-order valence-corrected chi connectivity index (χ4v) is 4.07. The summed E-state index contributed by atoms with van der Waals surface area (Å²) >= 11 is 0. The highest BCUT2D eigenvalue weighted by Crippen LogP contribution is 2.23. The first-order chi connectivity index (χ1) is 10.1. The van der Waals surface area contributed by atoms with Crippen molar-refractivity contribution in [3.05, 3.63) is 29.3 Å². The van der Waals surface area contributed by atoms with Crippen LogP contribution < -0.4 is 4.74 Å². The van der Waals surface area contributed by atoms with Gasteiger partial charge in [-0.1, -0.05) is 0 Å². The molecule has 1 saturated heterocycles. The predicted octanol–water partition coefficient (Wildman–Crippen LogP) is 2.57. The summed E-state index contributed by atoms with van der Waals surface area (Å²) in [5.74, 6) is 2.30.